The smallest absolute Gasteiger partial charge is 0.322 e. The van der Waals surface area contributed by atoms with Crippen LogP contribution in [0.3, 0.4) is 0 Å². The number of H-pyrrole nitrogens is 2. The Hall–Kier alpha value is -8.42. The largest absolute Gasteiger partial charge is 0.490 e. The van der Waals surface area contributed by atoms with Crippen LogP contribution in [0.5, 0.6) is 34.5 Å². The number of ether oxygens (including phenoxy) is 6. The molecule has 6 rings (SSSR count). The molecule has 0 saturated heterocycles. The minimum Gasteiger partial charge on any atom is -0.490 e. The zero-order chi connectivity index (χ0) is 52.4. The van der Waals surface area contributed by atoms with E-state index in [-0.39, 0.29) is 92.4 Å². The number of carbonyl (C=O) groups is 6. The van der Waals surface area contributed by atoms with Crippen LogP contribution in [0.15, 0.2) is 85.2 Å². The van der Waals surface area contributed by atoms with Crippen molar-refractivity contribution in [1.29, 1.82) is 0 Å². The highest BCUT2D eigenvalue weighted by Gasteiger charge is 2.33. The molecule has 1 unspecified atom stereocenters. The summed E-state index contributed by atoms with van der Waals surface area (Å²) in [6, 6.07) is 16.2. The van der Waals surface area contributed by atoms with Crippen molar-refractivity contribution in [2.24, 2.45) is 0 Å². The van der Waals surface area contributed by atoms with Gasteiger partial charge in [-0.2, -0.15) is 0 Å². The Labute approximate surface area is 422 Å². The second-order valence-electron chi connectivity index (χ2n) is 16.3. The topological polar surface area (TPSA) is 270 Å². The van der Waals surface area contributed by atoms with Gasteiger partial charge < -0.3 is 70.1 Å². The summed E-state index contributed by atoms with van der Waals surface area (Å²) in [5, 5.41) is 24.4. The third kappa shape index (κ3) is 13.9. The Morgan fingerprint density at radius 2 is 0.890 bits per heavy atom. The zero-order valence-corrected chi connectivity index (χ0v) is 41.7. The van der Waals surface area contributed by atoms with E-state index in [4.69, 9.17) is 28.4 Å². The van der Waals surface area contributed by atoms with Gasteiger partial charge in [0, 0.05) is 64.7 Å². The summed E-state index contributed by atoms with van der Waals surface area (Å²) in [6.45, 7) is 10.9. The molecule has 5 amide bonds. The molecule has 0 saturated carbocycles. The molecule has 4 aromatic carbocycles. The lowest BCUT2D eigenvalue weighted by molar-refractivity contribution is -0.138. The van der Waals surface area contributed by atoms with E-state index in [1.165, 1.54) is 24.3 Å². The molecule has 0 fully saturated rings. The van der Waals surface area contributed by atoms with Crippen LogP contribution in [0.2, 0.25) is 0 Å². The first kappa shape index (κ1) is 53.9. The number of nitrogens with one attached hydrogen (secondary N) is 7. The predicted molar refractivity (Wildman–Crippen MR) is 272 cm³/mol. The molecule has 0 radical (unpaired) electrons. The second kappa shape index (κ2) is 26.1. The third-order valence-electron chi connectivity index (χ3n) is 11.3. The number of aliphatic carboxylic acids is 1. The zero-order valence-electron chi connectivity index (χ0n) is 41.7. The van der Waals surface area contributed by atoms with E-state index in [2.05, 4.69) is 36.6 Å². The summed E-state index contributed by atoms with van der Waals surface area (Å²) in [4.78, 5) is 89.8. The number of aromatic amines is 2. The maximum Gasteiger partial charge on any atom is 0.322 e. The highest BCUT2D eigenvalue weighted by atomic mass is 16.5. The number of fused-ring (bicyclic) bond motifs is 2. The van der Waals surface area contributed by atoms with E-state index in [1.807, 2.05) is 48.5 Å². The van der Waals surface area contributed by atoms with E-state index in [9.17, 15) is 33.9 Å². The van der Waals surface area contributed by atoms with Crippen LogP contribution < -0.4 is 55.0 Å². The van der Waals surface area contributed by atoms with E-state index in [0.29, 0.717) is 16.9 Å². The van der Waals surface area contributed by atoms with Gasteiger partial charge in [0.1, 0.15) is 24.7 Å². The second-order valence-corrected chi connectivity index (χ2v) is 16.3. The number of aromatic nitrogens is 2. The van der Waals surface area contributed by atoms with Crippen molar-refractivity contribution in [2.75, 3.05) is 52.7 Å². The van der Waals surface area contributed by atoms with Crippen molar-refractivity contribution in [2.45, 2.75) is 72.5 Å². The number of carboxylic acids is 1. The number of amides is 5. The van der Waals surface area contributed by atoms with Crippen LogP contribution >= 0.6 is 0 Å². The van der Waals surface area contributed by atoms with Crippen molar-refractivity contribution in [3.63, 3.8) is 0 Å². The normalized spacial score (nSPS) is 12.2. The fraction of sp³-hybridized carbons (Fsp3) is 0.358. The molecule has 6 aromatic rings. The summed E-state index contributed by atoms with van der Waals surface area (Å²) in [5.41, 5.74) is 2.93. The van der Waals surface area contributed by atoms with Crippen molar-refractivity contribution in [3.05, 3.63) is 107 Å². The Morgan fingerprint density at radius 1 is 0.493 bits per heavy atom. The van der Waals surface area contributed by atoms with Crippen molar-refractivity contribution < 1.29 is 62.3 Å². The van der Waals surface area contributed by atoms with Gasteiger partial charge in [-0.05, 0) is 89.1 Å². The van der Waals surface area contributed by atoms with Crippen molar-refractivity contribution >= 4 is 57.3 Å². The molecule has 0 aliphatic heterocycles. The molecule has 20 nitrogen and oxygen atoms in total. The van der Waals surface area contributed by atoms with Gasteiger partial charge >= 0.3 is 5.97 Å². The van der Waals surface area contributed by atoms with Crippen LogP contribution in [-0.2, 0) is 32.0 Å². The van der Waals surface area contributed by atoms with Gasteiger partial charge in [-0.3, -0.25) is 28.8 Å². The Kier molecular flexibility index (Phi) is 19.3. The molecule has 2 heterocycles. The molecule has 3 atom stereocenters. The SMILES string of the molecule is CCOc1cc(C(=O)NCC(NC(=O)c2cc(OCC)c(OCC)c(OCC)c2)C(=O)N[C@H](Cc2c[nH]c3ccccc23)C(=O)N[C@H](Cc2c[nH]c3ccccc23)C(=O)NCC(=O)O)cc(OCC)c1OCC. The van der Waals surface area contributed by atoms with Crippen molar-refractivity contribution in [1.82, 2.24) is 36.6 Å². The lowest BCUT2D eigenvalue weighted by Crippen LogP contribution is -2.59. The summed E-state index contributed by atoms with van der Waals surface area (Å²) >= 11 is 0. The molecule has 20 heteroatoms. The van der Waals surface area contributed by atoms with Gasteiger partial charge in [0.05, 0.1) is 39.6 Å². The number of carboxylic acid groups (broad SMARTS) is 1. The van der Waals surface area contributed by atoms with Crippen LogP contribution in [0, 0.1) is 0 Å². The minimum atomic E-state index is -1.56. The van der Waals surface area contributed by atoms with Crippen LogP contribution in [0.1, 0.15) is 73.4 Å². The van der Waals surface area contributed by atoms with Gasteiger partial charge in [0.25, 0.3) is 11.8 Å². The van der Waals surface area contributed by atoms with E-state index in [1.54, 1.807) is 53.9 Å². The first-order valence-electron chi connectivity index (χ1n) is 24.2. The van der Waals surface area contributed by atoms with Gasteiger partial charge in [0.2, 0.25) is 29.2 Å². The lowest BCUT2D eigenvalue weighted by Gasteiger charge is -2.26. The molecule has 2 aromatic heterocycles. The summed E-state index contributed by atoms with van der Waals surface area (Å²) in [7, 11) is 0. The minimum absolute atomic E-state index is 0.0225. The predicted octanol–water partition coefficient (Wildman–Crippen LogP) is 5.23. The maximum atomic E-state index is 14.9. The summed E-state index contributed by atoms with van der Waals surface area (Å²) in [5.74, 6) is -3.71. The molecule has 73 heavy (non-hydrogen) atoms. The summed E-state index contributed by atoms with van der Waals surface area (Å²) in [6.07, 6.45) is 3.22. The highest BCUT2D eigenvalue weighted by Crippen LogP contribution is 2.40. The first-order valence-corrected chi connectivity index (χ1v) is 24.2. The molecular weight excluding hydrogens is 943 g/mol. The van der Waals surface area contributed by atoms with E-state index < -0.39 is 66.7 Å². The number of rotatable bonds is 28. The van der Waals surface area contributed by atoms with E-state index >= 15 is 0 Å². The molecule has 0 aliphatic rings. The number of hydrogen-bond acceptors (Lipinski definition) is 12. The first-order chi connectivity index (χ1) is 35.3. The molecule has 0 spiro atoms. The quantitative estimate of drug-likeness (QED) is 0.0314. The number of carbonyl (C=O) groups excluding carboxylic acids is 5. The average molecular weight is 1010 g/mol. The molecule has 388 valence electrons. The number of hydrogen-bond donors (Lipinski definition) is 8. The van der Waals surface area contributed by atoms with Crippen LogP contribution in [0.25, 0.3) is 21.8 Å². The highest BCUT2D eigenvalue weighted by molar-refractivity contribution is 6.01. The fourth-order valence-corrected chi connectivity index (χ4v) is 8.08. The summed E-state index contributed by atoms with van der Waals surface area (Å²) < 4.78 is 35.0. The Bertz CT molecular complexity index is 2840. The van der Waals surface area contributed by atoms with Crippen LogP contribution in [0.4, 0.5) is 0 Å². The van der Waals surface area contributed by atoms with Gasteiger partial charge in [-0.15, -0.1) is 0 Å². The Morgan fingerprint density at radius 3 is 1.32 bits per heavy atom. The molecule has 8 N–H and O–H groups in total. The van der Waals surface area contributed by atoms with Crippen LogP contribution in [-0.4, -0.2) is 121 Å². The standard InChI is InChI=1S/C53H63N7O13/c1-7-68-42-23-31(24-43(69-8-2)47(42)72-11-5)49(63)56-29-41(60-50(64)32-25-44(70-9-3)48(73-12-6)45(26-32)71-10-4)53(67)59-40(22-34-28-55-38-20-16-14-18-36(34)38)52(66)58-39(51(65)57-30-46(61)62)21-33-27-54-37-19-15-13-17-35(33)37/h13-20,23-28,39-41,54-55H,7-12,21-22,29-30H2,1-6H3,(H,56,63)(H,57,65)(H,58,66)(H,59,67)(H,60,64)(H,61,62)/t39-,40-,41?/m1/s1. The van der Waals surface area contributed by atoms with Gasteiger partial charge in [-0.25, -0.2) is 0 Å². The molecule has 0 bridgehead atoms. The average Bonchev–Trinajstić information content (AvgIpc) is 3.99. The van der Waals surface area contributed by atoms with Crippen molar-refractivity contribution in [3.8, 4) is 34.5 Å². The fourth-order valence-electron chi connectivity index (χ4n) is 8.08. The molecular formula is C53H63N7O13. The van der Waals surface area contributed by atoms with Gasteiger partial charge in [-0.1, -0.05) is 36.4 Å². The Balaban J connectivity index is 1.38. The van der Waals surface area contributed by atoms with Gasteiger partial charge in [0.15, 0.2) is 23.0 Å². The number of para-hydroxylation sites is 2. The lowest BCUT2D eigenvalue weighted by atomic mass is 10.0. The van der Waals surface area contributed by atoms with E-state index in [0.717, 1.165) is 21.8 Å². The maximum absolute atomic E-state index is 14.9. The molecule has 0 aliphatic carbocycles. The third-order valence-corrected chi connectivity index (χ3v) is 11.3. The number of benzene rings is 4. The monoisotopic (exact) mass is 1010 g/mol.